The number of nitrogens with one attached hydrogen (secondary N) is 1. The molecule has 1 aromatic heterocycles. The molecule has 1 N–H and O–H groups in total. The monoisotopic (exact) mass is 248 g/mol. The molecule has 1 unspecified atom stereocenters. The predicted octanol–water partition coefficient (Wildman–Crippen LogP) is 3.71. The minimum atomic E-state index is 0.240. The second kappa shape index (κ2) is 5.68. The standard InChI is InChI=1S/C13H16N2OS/c1-3-16-12-7-5-4-6-11(12)15-10(2)13-8-14-9-17-13/h4-10,15H,3H2,1-2H3. The molecule has 0 radical (unpaired) electrons. The van der Waals surface area contributed by atoms with Crippen molar-refractivity contribution < 1.29 is 4.74 Å². The highest BCUT2D eigenvalue weighted by molar-refractivity contribution is 7.09. The number of para-hydroxylation sites is 2. The highest BCUT2D eigenvalue weighted by Crippen LogP contribution is 2.28. The van der Waals surface area contributed by atoms with Crippen LogP contribution in [-0.4, -0.2) is 11.6 Å². The van der Waals surface area contributed by atoms with Gasteiger partial charge in [-0.2, -0.15) is 0 Å². The molecule has 0 amide bonds. The van der Waals surface area contributed by atoms with Crippen LogP contribution >= 0.6 is 11.3 Å². The SMILES string of the molecule is CCOc1ccccc1NC(C)c1cncs1. The van der Waals surface area contributed by atoms with Crippen molar-refractivity contribution in [3.63, 3.8) is 0 Å². The van der Waals surface area contributed by atoms with Crippen molar-refractivity contribution >= 4 is 17.0 Å². The number of ether oxygens (including phenoxy) is 1. The molecule has 0 saturated carbocycles. The van der Waals surface area contributed by atoms with Gasteiger partial charge >= 0.3 is 0 Å². The molecule has 0 fully saturated rings. The summed E-state index contributed by atoms with van der Waals surface area (Å²) < 4.78 is 5.58. The van der Waals surface area contributed by atoms with Gasteiger partial charge in [0.1, 0.15) is 5.75 Å². The molecule has 0 saturated heterocycles. The second-order valence-electron chi connectivity index (χ2n) is 3.70. The van der Waals surface area contributed by atoms with Gasteiger partial charge in [-0.05, 0) is 26.0 Å². The van der Waals surface area contributed by atoms with Gasteiger partial charge in [0.05, 0.1) is 23.8 Å². The molecular formula is C13H16N2OS. The Balaban J connectivity index is 2.12. The number of thiazole rings is 1. The second-order valence-corrected chi connectivity index (χ2v) is 4.62. The van der Waals surface area contributed by atoms with Crippen molar-refractivity contribution in [3.05, 3.63) is 40.8 Å². The van der Waals surface area contributed by atoms with Gasteiger partial charge in [-0.15, -0.1) is 11.3 Å². The highest BCUT2D eigenvalue weighted by Gasteiger charge is 2.09. The van der Waals surface area contributed by atoms with Crippen LogP contribution in [0, 0.1) is 0 Å². The van der Waals surface area contributed by atoms with Crippen molar-refractivity contribution in [2.24, 2.45) is 0 Å². The summed E-state index contributed by atoms with van der Waals surface area (Å²) in [5.74, 6) is 0.895. The zero-order valence-corrected chi connectivity index (χ0v) is 10.8. The van der Waals surface area contributed by atoms with Crippen molar-refractivity contribution in [3.8, 4) is 5.75 Å². The van der Waals surface area contributed by atoms with E-state index in [1.54, 1.807) is 11.3 Å². The van der Waals surface area contributed by atoms with Crippen molar-refractivity contribution in [1.29, 1.82) is 0 Å². The van der Waals surface area contributed by atoms with Crippen molar-refractivity contribution in [1.82, 2.24) is 4.98 Å². The lowest BCUT2D eigenvalue weighted by Gasteiger charge is -2.16. The lowest BCUT2D eigenvalue weighted by Crippen LogP contribution is -2.06. The van der Waals surface area contributed by atoms with E-state index in [0.29, 0.717) is 6.61 Å². The van der Waals surface area contributed by atoms with E-state index in [1.165, 1.54) is 4.88 Å². The van der Waals surface area contributed by atoms with Crippen LogP contribution in [-0.2, 0) is 0 Å². The zero-order valence-electron chi connectivity index (χ0n) is 10.0. The molecule has 3 nitrogen and oxygen atoms in total. The molecule has 1 aromatic carbocycles. The molecule has 2 rings (SSSR count). The Labute approximate surface area is 105 Å². The summed E-state index contributed by atoms with van der Waals surface area (Å²) in [6, 6.07) is 8.23. The van der Waals surface area contributed by atoms with E-state index in [0.717, 1.165) is 11.4 Å². The quantitative estimate of drug-likeness (QED) is 0.875. The van der Waals surface area contributed by atoms with E-state index in [9.17, 15) is 0 Å². The summed E-state index contributed by atoms with van der Waals surface area (Å²) in [7, 11) is 0. The first-order valence-corrected chi connectivity index (χ1v) is 6.56. The Kier molecular flexibility index (Phi) is 3.98. The molecular weight excluding hydrogens is 232 g/mol. The maximum absolute atomic E-state index is 5.58. The Morgan fingerprint density at radius 3 is 2.94 bits per heavy atom. The number of anilines is 1. The average molecular weight is 248 g/mol. The first kappa shape index (κ1) is 11.9. The Hall–Kier alpha value is -1.55. The van der Waals surface area contributed by atoms with Gasteiger partial charge in [-0.3, -0.25) is 4.98 Å². The van der Waals surface area contributed by atoms with Crippen LogP contribution in [0.3, 0.4) is 0 Å². The molecule has 2 aromatic rings. The summed E-state index contributed by atoms with van der Waals surface area (Å²) in [6.07, 6.45) is 1.89. The molecule has 0 bridgehead atoms. The third-order valence-corrected chi connectivity index (χ3v) is 3.40. The summed E-state index contributed by atoms with van der Waals surface area (Å²) in [5, 5.41) is 3.44. The van der Waals surface area contributed by atoms with Gasteiger partial charge in [0, 0.05) is 11.1 Å². The van der Waals surface area contributed by atoms with Gasteiger partial charge in [0.2, 0.25) is 0 Å². The van der Waals surface area contributed by atoms with Gasteiger partial charge in [-0.25, -0.2) is 0 Å². The van der Waals surface area contributed by atoms with Crippen LogP contribution in [0.1, 0.15) is 24.8 Å². The molecule has 1 heterocycles. The average Bonchev–Trinajstić information content (AvgIpc) is 2.85. The minimum Gasteiger partial charge on any atom is -0.492 e. The van der Waals surface area contributed by atoms with Crippen LogP contribution in [0.25, 0.3) is 0 Å². The van der Waals surface area contributed by atoms with Crippen LogP contribution < -0.4 is 10.1 Å². The number of nitrogens with zero attached hydrogens (tertiary/aromatic N) is 1. The fraction of sp³-hybridized carbons (Fsp3) is 0.308. The Morgan fingerprint density at radius 1 is 1.41 bits per heavy atom. The molecule has 0 aliphatic rings. The zero-order chi connectivity index (χ0) is 12.1. The number of benzene rings is 1. The maximum atomic E-state index is 5.58. The first-order chi connectivity index (χ1) is 8.31. The largest absolute Gasteiger partial charge is 0.492 e. The minimum absolute atomic E-state index is 0.240. The number of aromatic nitrogens is 1. The molecule has 0 aliphatic heterocycles. The smallest absolute Gasteiger partial charge is 0.142 e. The highest BCUT2D eigenvalue weighted by atomic mass is 32.1. The van der Waals surface area contributed by atoms with Crippen LogP contribution in [0.5, 0.6) is 5.75 Å². The topological polar surface area (TPSA) is 34.1 Å². The number of hydrogen-bond acceptors (Lipinski definition) is 4. The van der Waals surface area contributed by atoms with E-state index in [-0.39, 0.29) is 6.04 Å². The fourth-order valence-electron chi connectivity index (χ4n) is 1.61. The predicted molar refractivity (Wildman–Crippen MR) is 71.8 cm³/mol. The summed E-state index contributed by atoms with van der Waals surface area (Å²) >= 11 is 1.66. The van der Waals surface area contributed by atoms with E-state index in [1.807, 2.05) is 42.9 Å². The van der Waals surface area contributed by atoms with Gasteiger partial charge < -0.3 is 10.1 Å². The van der Waals surface area contributed by atoms with Crippen molar-refractivity contribution in [2.75, 3.05) is 11.9 Å². The van der Waals surface area contributed by atoms with E-state index >= 15 is 0 Å². The Bertz CT molecular complexity index is 456. The number of rotatable bonds is 5. The molecule has 4 heteroatoms. The van der Waals surface area contributed by atoms with Gasteiger partial charge in [0.25, 0.3) is 0 Å². The van der Waals surface area contributed by atoms with Crippen molar-refractivity contribution in [2.45, 2.75) is 19.9 Å². The fourth-order valence-corrected chi connectivity index (χ4v) is 2.24. The summed E-state index contributed by atoms with van der Waals surface area (Å²) in [5.41, 5.74) is 2.87. The molecule has 0 aliphatic carbocycles. The molecule has 0 spiro atoms. The van der Waals surface area contributed by atoms with Crippen LogP contribution in [0.4, 0.5) is 5.69 Å². The van der Waals surface area contributed by atoms with Gasteiger partial charge in [-0.1, -0.05) is 12.1 Å². The van der Waals surface area contributed by atoms with Gasteiger partial charge in [0.15, 0.2) is 0 Å². The molecule has 1 atom stereocenters. The third kappa shape index (κ3) is 2.97. The third-order valence-electron chi connectivity index (χ3n) is 2.44. The summed E-state index contributed by atoms with van der Waals surface area (Å²) in [4.78, 5) is 5.31. The lowest BCUT2D eigenvalue weighted by atomic mass is 10.2. The maximum Gasteiger partial charge on any atom is 0.142 e. The summed E-state index contributed by atoms with van der Waals surface area (Å²) in [6.45, 7) is 4.78. The first-order valence-electron chi connectivity index (χ1n) is 5.68. The van der Waals surface area contributed by atoms with E-state index in [2.05, 4.69) is 17.2 Å². The van der Waals surface area contributed by atoms with Crippen LogP contribution in [0.2, 0.25) is 0 Å². The normalized spacial score (nSPS) is 12.1. The molecule has 17 heavy (non-hydrogen) atoms. The lowest BCUT2D eigenvalue weighted by molar-refractivity contribution is 0.341. The molecule has 90 valence electrons. The van der Waals surface area contributed by atoms with E-state index in [4.69, 9.17) is 4.74 Å². The van der Waals surface area contributed by atoms with E-state index < -0.39 is 0 Å². The number of hydrogen-bond donors (Lipinski definition) is 1. The van der Waals surface area contributed by atoms with Crippen LogP contribution in [0.15, 0.2) is 36.0 Å². The Morgan fingerprint density at radius 2 is 2.24 bits per heavy atom.